The van der Waals surface area contributed by atoms with Crippen LogP contribution in [0.1, 0.15) is 30.4 Å². The monoisotopic (exact) mass is 545 g/mol. The van der Waals surface area contributed by atoms with Crippen LogP contribution in [0.25, 0.3) is 21.5 Å². The van der Waals surface area contributed by atoms with Crippen LogP contribution in [0.4, 0.5) is 0 Å². The fourth-order valence-corrected chi connectivity index (χ4v) is 4.54. The fraction of sp³-hybridized carbons (Fsp3) is 0.258. The lowest BCUT2D eigenvalue weighted by Crippen LogP contribution is -2.47. The molecule has 0 spiro atoms. The number of amides is 2. The number of carbonyl (C=O) groups is 2. The Morgan fingerprint density at radius 1 is 0.769 bits per heavy atom. The Kier molecular flexibility index (Phi) is 11.1. The molecule has 0 unspecified atom stereocenters. The Hall–Kier alpha value is -4.10. The predicted molar refractivity (Wildman–Crippen MR) is 162 cm³/mol. The molecule has 4 aromatic rings. The van der Waals surface area contributed by atoms with Crippen LogP contribution in [0.5, 0.6) is 0 Å². The van der Waals surface area contributed by atoms with Crippen LogP contribution in [-0.2, 0) is 22.4 Å². The van der Waals surface area contributed by atoms with Crippen LogP contribution in [0.15, 0.2) is 89.9 Å². The molecule has 204 valence electrons. The van der Waals surface area contributed by atoms with Crippen LogP contribution in [0.3, 0.4) is 0 Å². The maximum absolute atomic E-state index is 13.0. The highest BCUT2D eigenvalue weighted by Gasteiger charge is 2.20. The maximum Gasteiger partial charge on any atom is 0.242 e. The van der Waals surface area contributed by atoms with E-state index in [0.717, 1.165) is 16.5 Å². The third-order valence-corrected chi connectivity index (χ3v) is 6.58. The highest BCUT2D eigenvalue weighted by atomic mass is 35.5. The molecule has 7 nitrogen and oxygen atoms in total. The maximum atomic E-state index is 13.0. The van der Waals surface area contributed by atoms with Crippen molar-refractivity contribution in [2.75, 3.05) is 13.1 Å². The number of nitrogens with one attached hydrogen (secondary N) is 2. The number of hydrogen-bond donors (Lipinski definition) is 4. The van der Waals surface area contributed by atoms with Crippen molar-refractivity contribution in [2.45, 2.75) is 38.1 Å². The van der Waals surface area contributed by atoms with Gasteiger partial charge in [-0.25, -0.2) is 0 Å². The van der Waals surface area contributed by atoms with Crippen LogP contribution < -0.4 is 22.1 Å². The molecule has 2 amide bonds. The van der Waals surface area contributed by atoms with Crippen LogP contribution in [0, 0.1) is 0 Å². The van der Waals surface area contributed by atoms with E-state index in [1.807, 2.05) is 30.3 Å². The summed E-state index contributed by atoms with van der Waals surface area (Å²) in [6.07, 6.45) is 2.62. The van der Waals surface area contributed by atoms with E-state index < -0.39 is 6.04 Å². The number of rotatable bonds is 12. The zero-order valence-electron chi connectivity index (χ0n) is 21.9. The van der Waals surface area contributed by atoms with Crippen molar-refractivity contribution in [1.82, 2.24) is 10.6 Å². The molecule has 0 saturated carbocycles. The fourth-order valence-electron chi connectivity index (χ4n) is 4.54. The summed E-state index contributed by atoms with van der Waals surface area (Å²) >= 11 is 0. The lowest BCUT2D eigenvalue weighted by atomic mass is 10.0. The molecule has 0 aliphatic rings. The van der Waals surface area contributed by atoms with E-state index in [2.05, 4.69) is 70.2 Å². The number of fused-ring (bicyclic) bond motifs is 2. The Morgan fingerprint density at radius 3 is 1.92 bits per heavy atom. The number of carbonyl (C=O) groups excluding carboxylic acids is 2. The number of nitrogens with zero attached hydrogens (tertiary/aromatic N) is 1. The van der Waals surface area contributed by atoms with Crippen molar-refractivity contribution in [3.05, 3.63) is 96.1 Å². The Labute approximate surface area is 235 Å². The highest BCUT2D eigenvalue weighted by Crippen LogP contribution is 2.17. The van der Waals surface area contributed by atoms with Crippen molar-refractivity contribution >= 4 is 51.7 Å². The molecule has 0 aromatic heterocycles. The number of nitrogens with two attached hydrogens (primary N) is 2. The molecule has 39 heavy (non-hydrogen) atoms. The van der Waals surface area contributed by atoms with Gasteiger partial charge in [-0.3, -0.25) is 14.6 Å². The first-order valence-electron chi connectivity index (χ1n) is 13.1. The van der Waals surface area contributed by atoms with Gasteiger partial charge in [0.2, 0.25) is 11.8 Å². The average molecular weight is 546 g/mol. The highest BCUT2D eigenvalue weighted by molar-refractivity contribution is 5.88. The predicted octanol–water partition coefficient (Wildman–Crippen LogP) is 4.24. The minimum absolute atomic E-state index is 0. The van der Waals surface area contributed by atoms with Crippen LogP contribution in [-0.4, -0.2) is 36.9 Å². The molecule has 0 radical (unpaired) electrons. The van der Waals surface area contributed by atoms with Gasteiger partial charge in [-0.05, 0) is 58.4 Å². The number of aryl methyl sites for hydroxylation is 1. The zero-order valence-corrected chi connectivity index (χ0v) is 22.8. The molecule has 8 heteroatoms. The SMILES string of the molecule is Cl.NC(N)=NCCC[C@H](NC(=O)CCc1ccc2ccccc2c1)C(=O)NCCc1ccc2ccccc2c1. The summed E-state index contributed by atoms with van der Waals surface area (Å²) < 4.78 is 0. The molecule has 4 rings (SSSR count). The lowest BCUT2D eigenvalue weighted by molar-refractivity contribution is -0.129. The summed E-state index contributed by atoms with van der Waals surface area (Å²) in [5.74, 6) is -0.343. The van der Waals surface area contributed by atoms with E-state index >= 15 is 0 Å². The van der Waals surface area contributed by atoms with Gasteiger partial charge < -0.3 is 22.1 Å². The van der Waals surface area contributed by atoms with Gasteiger partial charge in [0.1, 0.15) is 6.04 Å². The summed E-state index contributed by atoms with van der Waals surface area (Å²) in [7, 11) is 0. The van der Waals surface area contributed by atoms with Crippen molar-refractivity contribution in [2.24, 2.45) is 16.5 Å². The van der Waals surface area contributed by atoms with Crippen LogP contribution >= 0.6 is 12.4 Å². The summed E-state index contributed by atoms with van der Waals surface area (Å²) in [4.78, 5) is 29.8. The molecule has 0 bridgehead atoms. The van der Waals surface area contributed by atoms with Gasteiger partial charge >= 0.3 is 0 Å². The van der Waals surface area contributed by atoms with Gasteiger partial charge in [0.05, 0.1) is 0 Å². The number of benzene rings is 4. The first kappa shape index (κ1) is 29.5. The first-order chi connectivity index (χ1) is 18.5. The van der Waals surface area contributed by atoms with Gasteiger partial charge in [-0.15, -0.1) is 12.4 Å². The Morgan fingerprint density at radius 2 is 1.33 bits per heavy atom. The van der Waals surface area contributed by atoms with E-state index in [0.29, 0.717) is 45.2 Å². The van der Waals surface area contributed by atoms with E-state index in [4.69, 9.17) is 11.5 Å². The van der Waals surface area contributed by atoms with Gasteiger partial charge in [0, 0.05) is 19.5 Å². The molecule has 1 atom stereocenters. The van der Waals surface area contributed by atoms with Gasteiger partial charge in [-0.2, -0.15) is 0 Å². The molecule has 4 aromatic carbocycles. The molecule has 0 fully saturated rings. The Bertz CT molecular complexity index is 1430. The van der Waals surface area contributed by atoms with E-state index in [9.17, 15) is 9.59 Å². The molecular formula is C31H36ClN5O2. The molecule has 0 aliphatic carbocycles. The standard InChI is InChI=1S/C31H35N5O2.ClH/c32-31(33)35-18-5-10-28(30(38)34-19-17-23-12-15-25-7-2-4-9-27(25)21-23)36-29(37)16-13-22-11-14-24-6-1-3-8-26(24)20-22;/h1-4,6-9,11-12,14-15,20-21,28H,5,10,13,16-19H2,(H,34,38)(H,36,37)(H4,32,33,35);1H/t28-;/m0./s1. The van der Waals surface area contributed by atoms with E-state index in [1.54, 1.807) is 0 Å². The third kappa shape index (κ3) is 9.00. The van der Waals surface area contributed by atoms with Gasteiger partial charge in [-0.1, -0.05) is 84.9 Å². The second-order valence-electron chi connectivity index (χ2n) is 9.47. The molecular weight excluding hydrogens is 510 g/mol. The van der Waals surface area contributed by atoms with Gasteiger partial charge in [0.15, 0.2) is 5.96 Å². The summed E-state index contributed by atoms with van der Waals surface area (Å²) in [6.45, 7) is 0.880. The number of guanidine groups is 1. The van der Waals surface area contributed by atoms with Crippen molar-refractivity contribution in [3.8, 4) is 0 Å². The summed E-state index contributed by atoms with van der Waals surface area (Å²) in [6, 6.07) is 28.2. The summed E-state index contributed by atoms with van der Waals surface area (Å²) in [5, 5.41) is 10.6. The van der Waals surface area contributed by atoms with Crippen molar-refractivity contribution in [1.29, 1.82) is 0 Å². The van der Waals surface area contributed by atoms with Crippen molar-refractivity contribution in [3.63, 3.8) is 0 Å². The van der Waals surface area contributed by atoms with E-state index in [1.165, 1.54) is 16.2 Å². The third-order valence-electron chi connectivity index (χ3n) is 6.58. The zero-order chi connectivity index (χ0) is 26.7. The minimum Gasteiger partial charge on any atom is -0.370 e. The number of halogens is 1. The summed E-state index contributed by atoms with van der Waals surface area (Å²) in [5.41, 5.74) is 13.1. The molecule has 0 aliphatic heterocycles. The van der Waals surface area contributed by atoms with Crippen LogP contribution in [0.2, 0.25) is 0 Å². The largest absolute Gasteiger partial charge is 0.370 e. The smallest absolute Gasteiger partial charge is 0.242 e. The molecule has 0 heterocycles. The second kappa shape index (κ2) is 14.7. The van der Waals surface area contributed by atoms with Gasteiger partial charge in [0.25, 0.3) is 0 Å². The second-order valence-corrected chi connectivity index (χ2v) is 9.47. The first-order valence-corrected chi connectivity index (χ1v) is 13.1. The van der Waals surface area contributed by atoms with Crippen molar-refractivity contribution < 1.29 is 9.59 Å². The average Bonchev–Trinajstić information content (AvgIpc) is 2.93. The molecule has 0 saturated heterocycles. The number of aliphatic imine (C=N–C) groups is 1. The topological polar surface area (TPSA) is 123 Å². The molecule has 6 N–H and O–H groups in total. The Balaban J connectivity index is 0.00000420. The van der Waals surface area contributed by atoms with E-state index in [-0.39, 0.29) is 30.2 Å². The minimum atomic E-state index is -0.648. The normalized spacial score (nSPS) is 11.4. The lowest BCUT2D eigenvalue weighted by Gasteiger charge is -2.18. The number of hydrogen-bond acceptors (Lipinski definition) is 3. The quantitative estimate of drug-likeness (QED) is 0.121.